The second-order valence-electron chi connectivity index (χ2n) is 4.55. The lowest BCUT2D eigenvalue weighted by atomic mass is 10.1. The molecule has 1 rings (SSSR count). The van der Waals surface area contributed by atoms with Crippen LogP contribution in [0.2, 0.25) is 0 Å². The Bertz CT molecular complexity index is 624. The Kier molecular flexibility index (Phi) is 5.90. The van der Waals surface area contributed by atoms with Crippen molar-refractivity contribution in [2.45, 2.75) is 37.6 Å². The highest BCUT2D eigenvalue weighted by atomic mass is 32.2. The van der Waals surface area contributed by atoms with Crippen LogP contribution in [0.25, 0.3) is 0 Å². The predicted octanol–water partition coefficient (Wildman–Crippen LogP) is 1.46. The zero-order chi connectivity index (χ0) is 16.0. The zero-order valence-corrected chi connectivity index (χ0v) is 12.8. The van der Waals surface area contributed by atoms with Gasteiger partial charge < -0.3 is 10.4 Å². The van der Waals surface area contributed by atoms with Gasteiger partial charge in [0.15, 0.2) is 9.84 Å². The molecule has 0 aliphatic carbocycles. The van der Waals surface area contributed by atoms with Crippen LogP contribution in [-0.4, -0.2) is 37.2 Å². The number of rotatable bonds is 7. The minimum absolute atomic E-state index is 0.0262. The molecule has 0 aromatic heterocycles. The molecule has 0 fully saturated rings. The molecule has 7 heteroatoms. The first kappa shape index (κ1) is 17.2. The van der Waals surface area contributed by atoms with E-state index in [1.54, 1.807) is 13.0 Å². The monoisotopic (exact) mass is 313 g/mol. The molecule has 0 heterocycles. The Balaban J connectivity index is 3.11. The molecule has 6 nitrogen and oxygen atoms in total. The van der Waals surface area contributed by atoms with E-state index in [-0.39, 0.29) is 22.6 Å². The SMILES string of the molecule is CCC[C@@H](NC(=O)c1ccccc1S(=O)(=O)CC)C(=O)O. The Hall–Kier alpha value is -1.89. The highest BCUT2D eigenvalue weighted by Crippen LogP contribution is 2.17. The number of benzene rings is 1. The standard InChI is InChI=1S/C14H19NO5S/c1-3-7-11(14(17)18)15-13(16)10-8-5-6-9-12(10)21(19,20)4-2/h5-6,8-9,11H,3-4,7H2,1-2H3,(H,15,16)(H,17,18)/t11-/m1/s1. The first-order chi connectivity index (χ1) is 9.83. The van der Waals surface area contributed by atoms with E-state index in [1.165, 1.54) is 25.1 Å². The van der Waals surface area contributed by atoms with Gasteiger partial charge >= 0.3 is 5.97 Å². The van der Waals surface area contributed by atoms with E-state index in [0.717, 1.165) is 0 Å². The van der Waals surface area contributed by atoms with Gasteiger partial charge in [0.05, 0.1) is 16.2 Å². The summed E-state index contributed by atoms with van der Waals surface area (Å²) >= 11 is 0. The van der Waals surface area contributed by atoms with Gasteiger partial charge in [-0.15, -0.1) is 0 Å². The van der Waals surface area contributed by atoms with Crippen molar-refractivity contribution in [3.05, 3.63) is 29.8 Å². The molecule has 1 atom stereocenters. The van der Waals surface area contributed by atoms with Gasteiger partial charge in [0.25, 0.3) is 5.91 Å². The summed E-state index contributed by atoms with van der Waals surface area (Å²) in [4.78, 5) is 23.2. The fraction of sp³-hybridized carbons (Fsp3) is 0.429. The highest BCUT2D eigenvalue weighted by Gasteiger charge is 2.24. The fourth-order valence-corrected chi connectivity index (χ4v) is 2.96. The van der Waals surface area contributed by atoms with Gasteiger partial charge in [-0.25, -0.2) is 13.2 Å². The predicted molar refractivity (Wildman–Crippen MR) is 78.0 cm³/mol. The number of amides is 1. The molecular formula is C14H19NO5S. The smallest absolute Gasteiger partial charge is 0.326 e. The van der Waals surface area contributed by atoms with E-state index in [4.69, 9.17) is 5.11 Å². The summed E-state index contributed by atoms with van der Waals surface area (Å²) in [5, 5.41) is 11.4. The van der Waals surface area contributed by atoms with Crippen molar-refractivity contribution in [3.63, 3.8) is 0 Å². The first-order valence-corrected chi connectivity index (χ1v) is 8.34. The third-order valence-electron chi connectivity index (χ3n) is 3.03. The highest BCUT2D eigenvalue weighted by molar-refractivity contribution is 7.91. The number of hydrogen-bond acceptors (Lipinski definition) is 4. The Labute approximate surface area is 124 Å². The van der Waals surface area contributed by atoms with Crippen LogP contribution in [0.1, 0.15) is 37.0 Å². The van der Waals surface area contributed by atoms with Crippen LogP contribution < -0.4 is 5.32 Å². The third-order valence-corrected chi connectivity index (χ3v) is 4.81. The van der Waals surface area contributed by atoms with Crippen molar-refractivity contribution in [2.24, 2.45) is 0 Å². The topological polar surface area (TPSA) is 101 Å². The molecule has 1 aromatic rings. The lowest BCUT2D eigenvalue weighted by molar-refractivity contribution is -0.139. The van der Waals surface area contributed by atoms with Crippen LogP contribution in [0.4, 0.5) is 0 Å². The van der Waals surface area contributed by atoms with E-state index >= 15 is 0 Å². The van der Waals surface area contributed by atoms with Gasteiger partial charge in [-0.1, -0.05) is 32.4 Å². The third kappa shape index (κ3) is 4.29. The number of aliphatic carboxylic acids is 1. The van der Waals surface area contributed by atoms with E-state index in [1.807, 2.05) is 0 Å². The molecule has 116 valence electrons. The maximum atomic E-state index is 12.2. The number of nitrogens with one attached hydrogen (secondary N) is 1. The Morgan fingerprint density at radius 2 is 1.86 bits per heavy atom. The molecule has 0 unspecified atom stereocenters. The maximum Gasteiger partial charge on any atom is 0.326 e. The zero-order valence-electron chi connectivity index (χ0n) is 12.0. The van der Waals surface area contributed by atoms with Crippen LogP contribution in [0.3, 0.4) is 0 Å². The Morgan fingerprint density at radius 3 is 2.38 bits per heavy atom. The van der Waals surface area contributed by atoms with Gasteiger partial charge in [0.1, 0.15) is 6.04 Å². The van der Waals surface area contributed by atoms with Crippen molar-refractivity contribution in [3.8, 4) is 0 Å². The number of carbonyl (C=O) groups is 2. The van der Waals surface area contributed by atoms with Gasteiger partial charge in [-0.05, 0) is 18.6 Å². The molecule has 0 saturated heterocycles. The normalized spacial score (nSPS) is 12.7. The van der Waals surface area contributed by atoms with Gasteiger partial charge in [0, 0.05) is 0 Å². The van der Waals surface area contributed by atoms with Crippen molar-refractivity contribution < 1.29 is 23.1 Å². The van der Waals surface area contributed by atoms with E-state index in [2.05, 4.69) is 5.32 Å². The van der Waals surface area contributed by atoms with Crippen LogP contribution in [-0.2, 0) is 14.6 Å². The number of carboxylic acid groups (broad SMARTS) is 1. The van der Waals surface area contributed by atoms with Crippen molar-refractivity contribution in [1.82, 2.24) is 5.32 Å². The minimum Gasteiger partial charge on any atom is -0.480 e. The summed E-state index contributed by atoms with van der Waals surface area (Å²) in [5.41, 5.74) is -0.0262. The summed E-state index contributed by atoms with van der Waals surface area (Å²) in [7, 11) is -3.55. The van der Waals surface area contributed by atoms with Gasteiger partial charge in [-0.2, -0.15) is 0 Å². The molecule has 0 saturated carbocycles. The van der Waals surface area contributed by atoms with Crippen molar-refractivity contribution in [1.29, 1.82) is 0 Å². The molecular weight excluding hydrogens is 294 g/mol. The van der Waals surface area contributed by atoms with Crippen LogP contribution in [0.5, 0.6) is 0 Å². The van der Waals surface area contributed by atoms with Crippen molar-refractivity contribution in [2.75, 3.05) is 5.75 Å². The molecule has 0 spiro atoms. The lowest BCUT2D eigenvalue weighted by Gasteiger charge is -2.15. The maximum absolute atomic E-state index is 12.2. The van der Waals surface area contributed by atoms with Crippen LogP contribution in [0.15, 0.2) is 29.2 Å². The second kappa shape index (κ2) is 7.21. The molecule has 0 radical (unpaired) electrons. The Morgan fingerprint density at radius 1 is 1.24 bits per heavy atom. The van der Waals surface area contributed by atoms with Crippen LogP contribution >= 0.6 is 0 Å². The van der Waals surface area contributed by atoms with Gasteiger partial charge in [0.2, 0.25) is 0 Å². The molecule has 2 N–H and O–H groups in total. The largest absolute Gasteiger partial charge is 0.480 e. The van der Waals surface area contributed by atoms with Gasteiger partial charge in [-0.3, -0.25) is 4.79 Å². The summed E-state index contributed by atoms with van der Waals surface area (Å²) < 4.78 is 24.0. The second-order valence-corrected chi connectivity index (χ2v) is 6.80. The molecule has 0 bridgehead atoms. The van der Waals surface area contributed by atoms with E-state index < -0.39 is 27.8 Å². The minimum atomic E-state index is -3.55. The summed E-state index contributed by atoms with van der Waals surface area (Å²) in [6, 6.07) is 4.77. The van der Waals surface area contributed by atoms with E-state index in [0.29, 0.717) is 6.42 Å². The molecule has 0 aliphatic heterocycles. The molecule has 1 aromatic carbocycles. The summed E-state index contributed by atoms with van der Waals surface area (Å²) in [6.07, 6.45) is 0.871. The summed E-state index contributed by atoms with van der Waals surface area (Å²) in [6.45, 7) is 3.29. The van der Waals surface area contributed by atoms with Crippen molar-refractivity contribution >= 4 is 21.7 Å². The molecule has 21 heavy (non-hydrogen) atoms. The number of carboxylic acids is 1. The number of sulfone groups is 1. The average molecular weight is 313 g/mol. The number of hydrogen-bond donors (Lipinski definition) is 2. The number of carbonyl (C=O) groups excluding carboxylic acids is 1. The lowest BCUT2D eigenvalue weighted by Crippen LogP contribution is -2.41. The summed E-state index contributed by atoms with van der Waals surface area (Å²) in [5.74, 6) is -1.96. The first-order valence-electron chi connectivity index (χ1n) is 6.69. The quantitative estimate of drug-likeness (QED) is 0.793. The molecule has 0 aliphatic rings. The molecule has 1 amide bonds. The van der Waals surface area contributed by atoms with E-state index in [9.17, 15) is 18.0 Å². The average Bonchev–Trinajstić information content (AvgIpc) is 2.46. The fourth-order valence-electron chi connectivity index (χ4n) is 1.86. The van der Waals surface area contributed by atoms with Crippen LogP contribution in [0, 0.1) is 0 Å².